The Morgan fingerprint density at radius 3 is 2.32 bits per heavy atom. The Balaban J connectivity index is 1.30. The zero-order valence-electron chi connectivity index (χ0n) is 19.6. The van der Waals surface area contributed by atoms with Crippen LogP contribution in [0.5, 0.6) is 11.5 Å². The van der Waals surface area contributed by atoms with Crippen molar-refractivity contribution in [1.82, 2.24) is 10.2 Å². The molecule has 6 nitrogen and oxygen atoms in total. The predicted octanol–water partition coefficient (Wildman–Crippen LogP) is 4.10. The Bertz CT molecular complexity index is 1110. The van der Waals surface area contributed by atoms with E-state index in [0.29, 0.717) is 12.1 Å². The standard InChI is InChI=1S/C27H30FN3O3/c1-33-25-11-6-21(17-26(25)34-2)19-30-12-14-31(15-13-30)24-5-3-4-20(16-24)18-29-27(32)22-7-9-23(28)10-8-22/h3-11,16-17H,12-15,18-19H2,1-2H3,(H,29,32). The van der Waals surface area contributed by atoms with Crippen LogP contribution in [0.25, 0.3) is 0 Å². The van der Waals surface area contributed by atoms with Crippen LogP contribution < -0.4 is 19.7 Å². The van der Waals surface area contributed by atoms with Crippen LogP contribution in [0.2, 0.25) is 0 Å². The topological polar surface area (TPSA) is 54.0 Å². The second-order valence-corrected chi connectivity index (χ2v) is 8.31. The fourth-order valence-corrected chi connectivity index (χ4v) is 4.15. The molecular weight excluding hydrogens is 433 g/mol. The fraction of sp³-hybridized carbons (Fsp3) is 0.296. The number of hydrogen-bond acceptors (Lipinski definition) is 5. The number of carbonyl (C=O) groups excluding carboxylic acids is 1. The highest BCUT2D eigenvalue weighted by Crippen LogP contribution is 2.28. The van der Waals surface area contributed by atoms with Crippen LogP contribution >= 0.6 is 0 Å². The summed E-state index contributed by atoms with van der Waals surface area (Å²) in [5.41, 5.74) is 3.83. The molecule has 4 rings (SSSR count). The van der Waals surface area contributed by atoms with E-state index in [0.717, 1.165) is 55.5 Å². The van der Waals surface area contributed by atoms with Gasteiger partial charge in [-0.3, -0.25) is 9.69 Å². The lowest BCUT2D eigenvalue weighted by Gasteiger charge is -2.36. The Hall–Kier alpha value is -3.58. The number of nitrogens with one attached hydrogen (secondary N) is 1. The monoisotopic (exact) mass is 463 g/mol. The first-order chi connectivity index (χ1) is 16.6. The largest absolute Gasteiger partial charge is 0.493 e. The quantitative estimate of drug-likeness (QED) is 0.545. The molecule has 178 valence electrons. The van der Waals surface area contributed by atoms with Crippen molar-refractivity contribution in [2.24, 2.45) is 0 Å². The van der Waals surface area contributed by atoms with Crippen LogP contribution in [-0.2, 0) is 13.1 Å². The van der Waals surface area contributed by atoms with Crippen LogP contribution in [0.3, 0.4) is 0 Å². The van der Waals surface area contributed by atoms with Gasteiger partial charge in [-0.05, 0) is 59.7 Å². The first kappa shape index (κ1) is 23.6. The van der Waals surface area contributed by atoms with E-state index in [-0.39, 0.29) is 11.7 Å². The molecule has 0 bridgehead atoms. The van der Waals surface area contributed by atoms with Crippen molar-refractivity contribution in [1.29, 1.82) is 0 Å². The molecule has 34 heavy (non-hydrogen) atoms. The molecule has 0 aromatic heterocycles. The van der Waals surface area contributed by atoms with Crippen molar-refractivity contribution in [3.05, 3.63) is 89.2 Å². The maximum atomic E-state index is 13.1. The number of hydrogen-bond donors (Lipinski definition) is 1. The van der Waals surface area contributed by atoms with Crippen LogP contribution in [0.4, 0.5) is 10.1 Å². The summed E-state index contributed by atoms with van der Waals surface area (Å²) >= 11 is 0. The van der Waals surface area contributed by atoms with Crippen molar-refractivity contribution in [2.45, 2.75) is 13.1 Å². The molecule has 0 radical (unpaired) electrons. The van der Waals surface area contributed by atoms with E-state index in [1.165, 1.54) is 29.8 Å². The molecule has 0 atom stereocenters. The summed E-state index contributed by atoms with van der Waals surface area (Å²) in [6.07, 6.45) is 0. The van der Waals surface area contributed by atoms with Crippen molar-refractivity contribution in [3.8, 4) is 11.5 Å². The van der Waals surface area contributed by atoms with Gasteiger partial charge in [0.1, 0.15) is 5.82 Å². The fourth-order valence-electron chi connectivity index (χ4n) is 4.15. The first-order valence-electron chi connectivity index (χ1n) is 11.4. The third-order valence-electron chi connectivity index (χ3n) is 6.06. The Morgan fingerprint density at radius 2 is 1.62 bits per heavy atom. The van der Waals surface area contributed by atoms with Gasteiger partial charge in [-0.25, -0.2) is 4.39 Å². The smallest absolute Gasteiger partial charge is 0.251 e. The first-order valence-corrected chi connectivity index (χ1v) is 11.4. The lowest BCUT2D eigenvalue weighted by atomic mass is 10.1. The minimum absolute atomic E-state index is 0.214. The molecule has 1 saturated heterocycles. The molecule has 3 aromatic carbocycles. The molecule has 0 saturated carbocycles. The number of amides is 1. The van der Waals surface area contributed by atoms with Gasteiger partial charge in [0, 0.05) is 50.5 Å². The number of methoxy groups -OCH3 is 2. The van der Waals surface area contributed by atoms with Crippen LogP contribution in [0.15, 0.2) is 66.7 Å². The number of piperazine rings is 1. The molecule has 1 aliphatic heterocycles. The molecule has 1 amide bonds. The minimum atomic E-state index is -0.354. The van der Waals surface area contributed by atoms with E-state index in [1.54, 1.807) is 14.2 Å². The van der Waals surface area contributed by atoms with Gasteiger partial charge in [-0.1, -0.05) is 18.2 Å². The normalized spacial score (nSPS) is 14.0. The number of halogens is 1. The summed E-state index contributed by atoms with van der Waals surface area (Å²) in [5, 5.41) is 2.91. The average Bonchev–Trinajstić information content (AvgIpc) is 2.88. The molecule has 0 aliphatic carbocycles. The molecule has 1 aliphatic rings. The summed E-state index contributed by atoms with van der Waals surface area (Å²) in [5.74, 6) is 0.925. The van der Waals surface area contributed by atoms with Gasteiger partial charge in [-0.15, -0.1) is 0 Å². The number of ether oxygens (including phenoxy) is 2. The molecule has 7 heteroatoms. The SMILES string of the molecule is COc1ccc(CN2CCN(c3cccc(CNC(=O)c4ccc(F)cc4)c3)CC2)cc1OC. The third-order valence-corrected chi connectivity index (χ3v) is 6.06. The Kier molecular flexibility index (Phi) is 7.65. The van der Waals surface area contributed by atoms with Gasteiger partial charge in [0.15, 0.2) is 11.5 Å². The van der Waals surface area contributed by atoms with Gasteiger partial charge in [0.05, 0.1) is 14.2 Å². The zero-order valence-corrected chi connectivity index (χ0v) is 19.6. The average molecular weight is 464 g/mol. The number of rotatable bonds is 8. The van der Waals surface area contributed by atoms with Gasteiger partial charge in [0.2, 0.25) is 0 Å². The second-order valence-electron chi connectivity index (χ2n) is 8.31. The van der Waals surface area contributed by atoms with Gasteiger partial charge in [-0.2, -0.15) is 0 Å². The Labute approximate surface area is 199 Å². The van der Waals surface area contributed by atoms with Crippen molar-refractivity contribution < 1.29 is 18.7 Å². The van der Waals surface area contributed by atoms with Crippen LogP contribution in [-0.4, -0.2) is 51.2 Å². The molecule has 1 heterocycles. The highest BCUT2D eigenvalue weighted by Gasteiger charge is 2.18. The highest BCUT2D eigenvalue weighted by atomic mass is 19.1. The second kappa shape index (κ2) is 11.0. The molecular formula is C27H30FN3O3. The number of anilines is 1. The van der Waals surface area contributed by atoms with E-state index in [2.05, 4.69) is 33.3 Å². The van der Waals surface area contributed by atoms with Crippen LogP contribution in [0.1, 0.15) is 21.5 Å². The minimum Gasteiger partial charge on any atom is -0.493 e. The molecule has 3 aromatic rings. The van der Waals surface area contributed by atoms with Gasteiger partial charge >= 0.3 is 0 Å². The maximum Gasteiger partial charge on any atom is 0.251 e. The summed E-state index contributed by atoms with van der Waals surface area (Å²) in [6, 6.07) is 19.9. The molecule has 0 spiro atoms. The van der Waals surface area contributed by atoms with E-state index in [1.807, 2.05) is 24.3 Å². The predicted molar refractivity (Wildman–Crippen MR) is 131 cm³/mol. The van der Waals surface area contributed by atoms with E-state index in [9.17, 15) is 9.18 Å². The lowest BCUT2D eigenvalue weighted by molar-refractivity contribution is 0.0951. The van der Waals surface area contributed by atoms with Crippen molar-refractivity contribution in [3.63, 3.8) is 0 Å². The number of benzene rings is 3. The highest BCUT2D eigenvalue weighted by molar-refractivity contribution is 5.94. The number of carbonyl (C=O) groups is 1. The van der Waals surface area contributed by atoms with E-state index >= 15 is 0 Å². The maximum absolute atomic E-state index is 13.1. The lowest BCUT2D eigenvalue weighted by Crippen LogP contribution is -2.46. The molecule has 1 fully saturated rings. The summed E-state index contributed by atoms with van der Waals surface area (Å²) in [6.45, 7) is 5.06. The molecule has 1 N–H and O–H groups in total. The zero-order chi connectivity index (χ0) is 23.9. The third kappa shape index (κ3) is 5.85. The summed E-state index contributed by atoms with van der Waals surface area (Å²) in [4.78, 5) is 17.1. The van der Waals surface area contributed by atoms with Gasteiger partial charge < -0.3 is 19.7 Å². The molecule has 0 unspecified atom stereocenters. The number of nitrogens with zero attached hydrogens (tertiary/aromatic N) is 2. The van der Waals surface area contributed by atoms with Crippen molar-refractivity contribution in [2.75, 3.05) is 45.3 Å². The summed E-state index contributed by atoms with van der Waals surface area (Å²) in [7, 11) is 3.30. The van der Waals surface area contributed by atoms with Gasteiger partial charge in [0.25, 0.3) is 5.91 Å². The van der Waals surface area contributed by atoms with E-state index < -0.39 is 0 Å². The van der Waals surface area contributed by atoms with E-state index in [4.69, 9.17) is 9.47 Å². The Morgan fingerprint density at radius 1 is 0.882 bits per heavy atom. The van der Waals surface area contributed by atoms with Crippen molar-refractivity contribution >= 4 is 11.6 Å². The van der Waals surface area contributed by atoms with Crippen LogP contribution in [0, 0.1) is 5.82 Å². The summed E-state index contributed by atoms with van der Waals surface area (Å²) < 4.78 is 23.8.